The Morgan fingerprint density at radius 2 is 1.87 bits per heavy atom. The number of ether oxygens (including phenoxy) is 2. The number of nitrogens with zero attached hydrogens (tertiary/aromatic N) is 2. The standard InChI is InChI=1S/C23H30N4O4/c1-16(2)25-22(28)15-31-19-9-7-17(13-20(19)30-3)23(29)26-18-8-10-21(24-14-18)27-11-5-4-6-12-27/h7-10,13-14,16H,4-6,11-12,15H2,1-3H3,(H,25,28)(H,26,29). The first kappa shape index (κ1) is 22.4. The van der Waals surface area contributed by atoms with Gasteiger partial charge in [-0.2, -0.15) is 0 Å². The summed E-state index contributed by atoms with van der Waals surface area (Å²) in [4.78, 5) is 31.2. The normalized spacial score (nSPS) is 13.6. The maximum absolute atomic E-state index is 12.7. The van der Waals surface area contributed by atoms with Crippen LogP contribution in [0.15, 0.2) is 36.5 Å². The molecule has 0 aliphatic carbocycles. The van der Waals surface area contributed by atoms with Crippen molar-refractivity contribution in [1.29, 1.82) is 0 Å². The van der Waals surface area contributed by atoms with Crippen molar-refractivity contribution in [1.82, 2.24) is 10.3 Å². The fourth-order valence-corrected chi connectivity index (χ4v) is 3.41. The minimum absolute atomic E-state index is 0.0347. The molecule has 3 rings (SSSR count). The van der Waals surface area contributed by atoms with Gasteiger partial charge in [0, 0.05) is 24.7 Å². The molecule has 1 aliphatic rings. The van der Waals surface area contributed by atoms with Gasteiger partial charge in [-0.15, -0.1) is 0 Å². The quantitative estimate of drug-likeness (QED) is 0.673. The van der Waals surface area contributed by atoms with Gasteiger partial charge in [-0.05, 0) is 63.4 Å². The number of carbonyl (C=O) groups is 2. The van der Waals surface area contributed by atoms with E-state index >= 15 is 0 Å². The van der Waals surface area contributed by atoms with E-state index in [1.54, 1.807) is 24.4 Å². The third kappa shape index (κ3) is 6.34. The van der Waals surface area contributed by atoms with E-state index in [2.05, 4.69) is 20.5 Å². The zero-order chi connectivity index (χ0) is 22.2. The Kier molecular flexibility index (Phi) is 7.70. The SMILES string of the molecule is COc1cc(C(=O)Nc2ccc(N3CCCCC3)nc2)ccc1OCC(=O)NC(C)C. The number of benzene rings is 1. The summed E-state index contributed by atoms with van der Waals surface area (Å²) in [6.45, 7) is 5.67. The monoisotopic (exact) mass is 426 g/mol. The topological polar surface area (TPSA) is 92.8 Å². The van der Waals surface area contributed by atoms with Gasteiger partial charge in [-0.25, -0.2) is 4.98 Å². The smallest absolute Gasteiger partial charge is 0.258 e. The summed E-state index contributed by atoms with van der Waals surface area (Å²) in [5, 5.41) is 5.60. The van der Waals surface area contributed by atoms with Crippen LogP contribution in [0.3, 0.4) is 0 Å². The largest absolute Gasteiger partial charge is 0.493 e. The van der Waals surface area contributed by atoms with Crippen LogP contribution < -0.4 is 25.0 Å². The molecule has 1 aromatic carbocycles. The lowest BCUT2D eigenvalue weighted by Gasteiger charge is -2.27. The molecule has 0 spiro atoms. The van der Waals surface area contributed by atoms with Gasteiger partial charge in [-0.3, -0.25) is 9.59 Å². The summed E-state index contributed by atoms with van der Waals surface area (Å²) >= 11 is 0. The Morgan fingerprint density at radius 3 is 2.52 bits per heavy atom. The molecule has 1 aliphatic heterocycles. The first-order valence-electron chi connectivity index (χ1n) is 10.6. The molecule has 2 N–H and O–H groups in total. The number of rotatable bonds is 8. The third-order valence-corrected chi connectivity index (χ3v) is 4.92. The van der Waals surface area contributed by atoms with Crippen molar-refractivity contribution in [2.45, 2.75) is 39.2 Å². The van der Waals surface area contributed by atoms with Crippen molar-refractivity contribution >= 4 is 23.3 Å². The molecule has 8 nitrogen and oxygen atoms in total. The second-order valence-electron chi connectivity index (χ2n) is 7.78. The van der Waals surface area contributed by atoms with E-state index < -0.39 is 0 Å². The molecule has 0 atom stereocenters. The zero-order valence-corrected chi connectivity index (χ0v) is 18.3. The van der Waals surface area contributed by atoms with E-state index in [1.807, 2.05) is 26.0 Å². The molecule has 1 saturated heterocycles. The Labute approximate surface area is 182 Å². The summed E-state index contributed by atoms with van der Waals surface area (Å²) < 4.78 is 10.9. The first-order chi connectivity index (χ1) is 15.0. The number of anilines is 2. The molecule has 0 bridgehead atoms. The molecule has 2 amide bonds. The van der Waals surface area contributed by atoms with Gasteiger partial charge in [0.25, 0.3) is 11.8 Å². The van der Waals surface area contributed by atoms with Gasteiger partial charge >= 0.3 is 0 Å². The average molecular weight is 427 g/mol. The van der Waals surface area contributed by atoms with E-state index in [0.717, 1.165) is 18.9 Å². The Hall–Kier alpha value is -3.29. The van der Waals surface area contributed by atoms with Crippen LogP contribution in [0.25, 0.3) is 0 Å². The summed E-state index contributed by atoms with van der Waals surface area (Å²) in [5.41, 5.74) is 1.03. The highest BCUT2D eigenvalue weighted by Gasteiger charge is 2.15. The summed E-state index contributed by atoms with van der Waals surface area (Å²) in [7, 11) is 1.49. The molecular formula is C23H30N4O4. The van der Waals surface area contributed by atoms with Crippen LogP contribution in [-0.4, -0.2) is 49.6 Å². The lowest BCUT2D eigenvalue weighted by Crippen LogP contribution is -2.34. The highest BCUT2D eigenvalue weighted by atomic mass is 16.5. The molecule has 0 unspecified atom stereocenters. The molecule has 1 fully saturated rings. The second-order valence-corrected chi connectivity index (χ2v) is 7.78. The Balaban J connectivity index is 1.61. The zero-order valence-electron chi connectivity index (χ0n) is 18.3. The van der Waals surface area contributed by atoms with Crippen molar-refractivity contribution in [3.05, 3.63) is 42.1 Å². The van der Waals surface area contributed by atoms with E-state index in [-0.39, 0.29) is 24.5 Å². The number of pyridine rings is 1. The number of hydrogen-bond donors (Lipinski definition) is 2. The van der Waals surface area contributed by atoms with Crippen LogP contribution in [0, 0.1) is 0 Å². The van der Waals surface area contributed by atoms with Crippen molar-refractivity contribution < 1.29 is 19.1 Å². The predicted octanol–water partition coefficient (Wildman–Crippen LogP) is 3.24. The van der Waals surface area contributed by atoms with E-state index in [1.165, 1.54) is 26.4 Å². The van der Waals surface area contributed by atoms with Gasteiger partial charge in [0.1, 0.15) is 5.82 Å². The van der Waals surface area contributed by atoms with Gasteiger partial charge in [-0.1, -0.05) is 0 Å². The Morgan fingerprint density at radius 1 is 1.10 bits per heavy atom. The lowest BCUT2D eigenvalue weighted by atomic mass is 10.1. The number of methoxy groups -OCH3 is 1. The summed E-state index contributed by atoms with van der Waals surface area (Å²) in [5.74, 6) is 1.20. The molecule has 8 heteroatoms. The van der Waals surface area contributed by atoms with Crippen LogP contribution in [0.5, 0.6) is 11.5 Å². The minimum atomic E-state index is -0.282. The van der Waals surface area contributed by atoms with Gasteiger partial charge in [0.2, 0.25) is 0 Å². The number of amides is 2. The highest BCUT2D eigenvalue weighted by Crippen LogP contribution is 2.28. The first-order valence-corrected chi connectivity index (χ1v) is 10.6. The molecule has 0 saturated carbocycles. The van der Waals surface area contributed by atoms with Crippen LogP contribution in [0.4, 0.5) is 11.5 Å². The van der Waals surface area contributed by atoms with Crippen LogP contribution in [0.1, 0.15) is 43.5 Å². The van der Waals surface area contributed by atoms with Gasteiger partial charge < -0.3 is 25.0 Å². The van der Waals surface area contributed by atoms with E-state index in [9.17, 15) is 9.59 Å². The van der Waals surface area contributed by atoms with Crippen molar-refractivity contribution in [2.75, 3.05) is 37.0 Å². The molecular weight excluding hydrogens is 396 g/mol. The van der Waals surface area contributed by atoms with Crippen molar-refractivity contribution in [3.8, 4) is 11.5 Å². The van der Waals surface area contributed by atoms with Gasteiger partial charge in [0.05, 0.1) is 19.0 Å². The number of piperidine rings is 1. The Bertz CT molecular complexity index is 893. The lowest BCUT2D eigenvalue weighted by molar-refractivity contribution is -0.123. The molecule has 31 heavy (non-hydrogen) atoms. The van der Waals surface area contributed by atoms with E-state index in [4.69, 9.17) is 9.47 Å². The maximum Gasteiger partial charge on any atom is 0.258 e. The summed E-state index contributed by atoms with van der Waals surface area (Å²) in [6.07, 6.45) is 5.31. The molecule has 0 radical (unpaired) electrons. The maximum atomic E-state index is 12.7. The van der Waals surface area contributed by atoms with Crippen LogP contribution >= 0.6 is 0 Å². The highest BCUT2D eigenvalue weighted by molar-refractivity contribution is 6.04. The number of aromatic nitrogens is 1. The van der Waals surface area contributed by atoms with E-state index in [0.29, 0.717) is 22.7 Å². The minimum Gasteiger partial charge on any atom is -0.493 e. The number of carbonyl (C=O) groups excluding carboxylic acids is 2. The van der Waals surface area contributed by atoms with Crippen molar-refractivity contribution in [3.63, 3.8) is 0 Å². The number of nitrogens with one attached hydrogen (secondary N) is 2. The molecule has 2 heterocycles. The number of hydrogen-bond acceptors (Lipinski definition) is 6. The average Bonchev–Trinajstić information content (AvgIpc) is 2.78. The molecule has 2 aromatic rings. The third-order valence-electron chi connectivity index (χ3n) is 4.92. The second kappa shape index (κ2) is 10.7. The van der Waals surface area contributed by atoms with Gasteiger partial charge in [0.15, 0.2) is 18.1 Å². The predicted molar refractivity (Wildman–Crippen MR) is 120 cm³/mol. The fraction of sp³-hybridized carbons (Fsp3) is 0.435. The molecule has 1 aromatic heterocycles. The molecule has 166 valence electrons. The van der Waals surface area contributed by atoms with Crippen LogP contribution in [0.2, 0.25) is 0 Å². The summed E-state index contributed by atoms with van der Waals surface area (Å²) in [6, 6.07) is 8.66. The van der Waals surface area contributed by atoms with Crippen LogP contribution in [-0.2, 0) is 4.79 Å². The van der Waals surface area contributed by atoms with Crippen molar-refractivity contribution in [2.24, 2.45) is 0 Å². The fourth-order valence-electron chi connectivity index (χ4n) is 3.41.